The molecule has 1 aliphatic rings. The van der Waals surface area contributed by atoms with Crippen molar-refractivity contribution in [2.24, 2.45) is 0 Å². The number of carbonyl (C=O) groups is 1. The largest absolute Gasteiger partial charge is 0.316 e. The molecule has 0 saturated carbocycles. The summed E-state index contributed by atoms with van der Waals surface area (Å²) in [7, 11) is 0. The van der Waals surface area contributed by atoms with Crippen LogP contribution in [0.4, 0.5) is 8.78 Å². The third kappa shape index (κ3) is 2.79. The van der Waals surface area contributed by atoms with Crippen LogP contribution in [0.3, 0.4) is 0 Å². The number of nitrogens with zero attached hydrogens (tertiary/aromatic N) is 1. The Morgan fingerprint density at radius 3 is 2.50 bits per heavy atom. The molecule has 1 amide bonds. The lowest BCUT2D eigenvalue weighted by molar-refractivity contribution is -0.134. The number of hydrogen-bond donors (Lipinski definition) is 1. The standard InChI is InChI=1S/C14H17ClF2N2O/c1-3-14(2)13(20)19(8-11(16)17)12(18-14)9-4-6-10(15)7-5-9/h4-7,11-12,18H,3,8H2,1-2H3. The van der Waals surface area contributed by atoms with Gasteiger partial charge in [0.2, 0.25) is 5.91 Å². The van der Waals surface area contributed by atoms with Gasteiger partial charge in [-0.05, 0) is 31.0 Å². The van der Waals surface area contributed by atoms with E-state index in [2.05, 4.69) is 5.32 Å². The van der Waals surface area contributed by atoms with Crippen LogP contribution in [0.5, 0.6) is 0 Å². The molecular weight excluding hydrogens is 286 g/mol. The smallest absolute Gasteiger partial charge is 0.255 e. The molecule has 110 valence electrons. The Labute approximate surface area is 121 Å². The number of carbonyl (C=O) groups excluding carboxylic acids is 1. The van der Waals surface area contributed by atoms with Crippen LogP contribution in [0, 0.1) is 0 Å². The number of benzene rings is 1. The van der Waals surface area contributed by atoms with Crippen LogP contribution in [-0.4, -0.2) is 29.3 Å². The van der Waals surface area contributed by atoms with Crippen molar-refractivity contribution in [3.05, 3.63) is 34.9 Å². The molecule has 1 fully saturated rings. The molecule has 0 aliphatic carbocycles. The molecule has 0 aromatic heterocycles. The maximum Gasteiger partial charge on any atom is 0.255 e. The van der Waals surface area contributed by atoms with Gasteiger partial charge in [-0.1, -0.05) is 30.7 Å². The van der Waals surface area contributed by atoms with Crippen LogP contribution < -0.4 is 5.32 Å². The van der Waals surface area contributed by atoms with Crippen molar-refractivity contribution < 1.29 is 13.6 Å². The monoisotopic (exact) mass is 302 g/mol. The first-order valence-electron chi connectivity index (χ1n) is 6.50. The molecule has 6 heteroatoms. The van der Waals surface area contributed by atoms with Gasteiger partial charge in [-0.25, -0.2) is 8.78 Å². The van der Waals surface area contributed by atoms with Crippen LogP contribution in [0.15, 0.2) is 24.3 Å². The maximum absolute atomic E-state index is 12.7. The minimum atomic E-state index is -2.56. The summed E-state index contributed by atoms with van der Waals surface area (Å²) in [5, 5.41) is 3.72. The summed E-state index contributed by atoms with van der Waals surface area (Å²) < 4.78 is 25.5. The van der Waals surface area contributed by atoms with Crippen molar-refractivity contribution in [1.29, 1.82) is 0 Å². The van der Waals surface area contributed by atoms with Gasteiger partial charge in [0.1, 0.15) is 6.17 Å². The first-order valence-corrected chi connectivity index (χ1v) is 6.87. The zero-order chi connectivity index (χ0) is 14.9. The highest BCUT2D eigenvalue weighted by Gasteiger charge is 2.47. The molecule has 3 nitrogen and oxygen atoms in total. The zero-order valence-corrected chi connectivity index (χ0v) is 12.1. The molecule has 0 radical (unpaired) electrons. The van der Waals surface area contributed by atoms with Gasteiger partial charge in [-0.3, -0.25) is 10.1 Å². The summed E-state index contributed by atoms with van der Waals surface area (Å²) in [6.07, 6.45) is -2.57. The molecule has 1 saturated heterocycles. The SMILES string of the molecule is CCC1(C)NC(c2ccc(Cl)cc2)N(CC(F)F)C1=O. The van der Waals surface area contributed by atoms with Gasteiger partial charge in [-0.15, -0.1) is 0 Å². The van der Waals surface area contributed by atoms with Crippen molar-refractivity contribution in [3.63, 3.8) is 0 Å². The molecule has 1 aromatic rings. The predicted molar refractivity (Wildman–Crippen MR) is 73.7 cm³/mol. The van der Waals surface area contributed by atoms with Gasteiger partial charge in [0, 0.05) is 5.02 Å². The van der Waals surface area contributed by atoms with E-state index in [9.17, 15) is 13.6 Å². The number of hydrogen-bond acceptors (Lipinski definition) is 2. The Hall–Kier alpha value is -1.20. The quantitative estimate of drug-likeness (QED) is 0.926. The van der Waals surface area contributed by atoms with Crippen molar-refractivity contribution in [1.82, 2.24) is 10.2 Å². The number of alkyl halides is 2. The second-order valence-corrected chi connectivity index (χ2v) is 5.57. The van der Waals surface area contributed by atoms with E-state index in [-0.39, 0.29) is 5.91 Å². The first-order chi connectivity index (χ1) is 9.37. The fourth-order valence-corrected chi connectivity index (χ4v) is 2.50. The fourth-order valence-electron chi connectivity index (χ4n) is 2.37. The van der Waals surface area contributed by atoms with Crippen LogP contribution in [0.1, 0.15) is 32.0 Å². The van der Waals surface area contributed by atoms with E-state index in [0.717, 1.165) is 5.56 Å². The van der Waals surface area contributed by atoms with E-state index in [1.807, 2.05) is 6.92 Å². The Bertz CT molecular complexity index is 494. The predicted octanol–water partition coefficient (Wildman–Crippen LogP) is 3.20. The minimum Gasteiger partial charge on any atom is -0.316 e. The second kappa shape index (κ2) is 5.66. The molecule has 0 spiro atoms. The van der Waals surface area contributed by atoms with Gasteiger partial charge < -0.3 is 4.90 Å². The molecule has 20 heavy (non-hydrogen) atoms. The average molecular weight is 303 g/mol. The summed E-state index contributed by atoms with van der Waals surface area (Å²) in [4.78, 5) is 13.6. The van der Waals surface area contributed by atoms with E-state index in [0.29, 0.717) is 11.4 Å². The third-order valence-corrected chi connectivity index (χ3v) is 3.98. The van der Waals surface area contributed by atoms with E-state index >= 15 is 0 Å². The molecule has 2 rings (SSSR count). The second-order valence-electron chi connectivity index (χ2n) is 5.13. The van der Waals surface area contributed by atoms with Crippen LogP contribution >= 0.6 is 11.6 Å². The van der Waals surface area contributed by atoms with Gasteiger partial charge >= 0.3 is 0 Å². The third-order valence-electron chi connectivity index (χ3n) is 3.73. The van der Waals surface area contributed by atoms with Crippen LogP contribution in [-0.2, 0) is 4.79 Å². The van der Waals surface area contributed by atoms with Crippen LogP contribution in [0.2, 0.25) is 5.02 Å². The summed E-state index contributed by atoms with van der Waals surface area (Å²) in [5.41, 5.74) is -0.0558. The normalized spacial score (nSPS) is 26.6. The molecule has 1 heterocycles. The number of nitrogens with one attached hydrogen (secondary N) is 1. The highest BCUT2D eigenvalue weighted by molar-refractivity contribution is 6.30. The fraction of sp³-hybridized carbons (Fsp3) is 0.500. The van der Waals surface area contributed by atoms with Crippen molar-refractivity contribution in [2.45, 2.75) is 38.4 Å². The lowest BCUT2D eigenvalue weighted by Gasteiger charge is -2.24. The minimum absolute atomic E-state index is 0.291. The summed E-state index contributed by atoms with van der Waals surface area (Å²) in [6, 6.07) is 6.86. The Morgan fingerprint density at radius 2 is 2.00 bits per heavy atom. The van der Waals surface area contributed by atoms with Crippen molar-refractivity contribution >= 4 is 17.5 Å². The highest BCUT2D eigenvalue weighted by atomic mass is 35.5. The van der Waals surface area contributed by atoms with Crippen LogP contribution in [0.25, 0.3) is 0 Å². The molecule has 0 bridgehead atoms. The Balaban J connectivity index is 2.33. The summed E-state index contributed by atoms with van der Waals surface area (Å²) in [5.74, 6) is -0.291. The average Bonchev–Trinajstić information content (AvgIpc) is 2.65. The zero-order valence-electron chi connectivity index (χ0n) is 11.4. The summed E-state index contributed by atoms with van der Waals surface area (Å²) in [6.45, 7) is 3.02. The number of amides is 1. The Morgan fingerprint density at radius 1 is 1.40 bits per heavy atom. The van der Waals surface area contributed by atoms with Gasteiger partial charge in [0.05, 0.1) is 12.1 Å². The highest BCUT2D eigenvalue weighted by Crippen LogP contribution is 2.33. The molecule has 2 atom stereocenters. The summed E-state index contributed by atoms with van der Waals surface area (Å²) >= 11 is 5.83. The lowest BCUT2D eigenvalue weighted by atomic mass is 9.99. The van der Waals surface area contributed by atoms with E-state index in [4.69, 9.17) is 11.6 Å². The lowest BCUT2D eigenvalue weighted by Crippen LogP contribution is -2.43. The van der Waals surface area contributed by atoms with Crippen molar-refractivity contribution in [2.75, 3.05) is 6.54 Å². The molecule has 2 unspecified atom stereocenters. The van der Waals surface area contributed by atoms with E-state index in [1.54, 1.807) is 31.2 Å². The topological polar surface area (TPSA) is 32.3 Å². The van der Waals surface area contributed by atoms with Gasteiger partial charge in [-0.2, -0.15) is 0 Å². The van der Waals surface area contributed by atoms with Gasteiger partial charge in [0.25, 0.3) is 6.43 Å². The first kappa shape index (κ1) is 15.2. The maximum atomic E-state index is 12.7. The van der Waals surface area contributed by atoms with Gasteiger partial charge in [0.15, 0.2) is 0 Å². The van der Waals surface area contributed by atoms with Crippen molar-refractivity contribution in [3.8, 4) is 0 Å². The van der Waals surface area contributed by atoms with E-state index < -0.39 is 24.7 Å². The molecule has 1 aliphatic heterocycles. The number of rotatable bonds is 4. The number of halogens is 3. The molecular formula is C14H17ClF2N2O. The molecule has 1 aromatic carbocycles. The molecule has 1 N–H and O–H groups in total. The Kier molecular flexibility index (Phi) is 4.30. The van der Waals surface area contributed by atoms with E-state index in [1.165, 1.54) is 4.90 Å².